The van der Waals surface area contributed by atoms with Crippen LogP contribution in [-0.2, 0) is 25.7 Å². The lowest BCUT2D eigenvalue weighted by Gasteiger charge is -2.41. The number of carbonyl (C=O) groups is 2. The summed E-state index contributed by atoms with van der Waals surface area (Å²) in [6.45, 7) is 2.07. The number of amides is 1. The number of carboxylic acids is 1. The van der Waals surface area contributed by atoms with Gasteiger partial charge in [0.05, 0.1) is 30.3 Å². The van der Waals surface area contributed by atoms with Crippen molar-refractivity contribution in [2.45, 2.75) is 49.9 Å². The predicted octanol–water partition coefficient (Wildman–Crippen LogP) is 4.96. The first-order valence-electron chi connectivity index (χ1n) is 12.1. The molecule has 1 fully saturated rings. The molecule has 1 aliphatic heterocycles. The molecule has 9 heteroatoms. The van der Waals surface area contributed by atoms with Gasteiger partial charge in [-0.1, -0.05) is 49.4 Å². The molecule has 0 spiro atoms. The van der Waals surface area contributed by atoms with Crippen LogP contribution >= 0.6 is 11.8 Å². The number of pyridine rings is 1. The summed E-state index contributed by atoms with van der Waals surface area (Å²) in [5, 5.41) is 21.9. The maximum absolute atomic E-state index is 12.1. The lowest BCUT2D eigenvalue weighted by atomic mass is 9.91. The van der Waals surface area contributed by atoms with E-state index < -0.39 is 12.3 Å². The lowest BCUT2D eigenvalue weighted by molar-refractivity contribution is -0.268. The Morgan fingerprint density at radius 2 is 1.81 bits per heavy atom. The summed E-state index contributed by atoms with van der Waals surface area (Å²) in [7, 11) is 0. The van der Waals surface area contributed by atoms with Crippen LogP contribution in [0.4, 0.5) is 5.69 Å². The first-order valence-corrected chi connectivity index (χ1v) is 13.1. The molecule has 37 heavy (non-hydrogen) atoms. The Kier molecular flexibility index (Phi) is 9.29. The Morgan fingerprint density at radius 1 is 1.00 bits per heavy atom. The van der Waals surface area contributed by atoms with Crippen LogP contribution in [0.3, 0.4) is 0 Å². The summed E-state index contributed by atoms with van der Waals surface area (Å²) in [5.41, 5.74) is 3.10. The number of carbonyl (C=O) groups excluding carboxylic acids is 1. The second-order valence-electron chi connectivity index (χ2n) is 8.87. The molecule has 1 aromatic heterocycles. The molecule has 4 rings (SSSR count). The van der Waals surface area contributed by atoms with Gasteiger partial charge in [0.2, 0.25) is 5.91 Å². The van der Waals surface area contributed by atoms with E-state index in [-0.39, 0.29) is 43.5 Å². The minimum absolute atomic E-state index is 0.0264. The number of nitrogens with zero attached hydrogens (tertiary/aromatic N) is 1. The van der Waals surface area contributed by atoms with Crippen molar-refractivity contribution < 1.29 is 29.3 Å². The number of aliphatic hydroxyl groups is 1. The molecule has 2 heterocycles. The predicted molar refractivity (Wildman–Crippen MR) is 140 cm³/mol. The standard InChI is InChI=1S/C28H30N2O6S/c1-18-23(17-37-25-7-2-3-14-29-25)35-28(36-27(18)20-10-8-19(16-31)9-11-20)21-5-4-6-22(15-21)30-24(32)12-13-26(33)34/h2-11,14-15,18,23,27-28,31H,12-13,16-17H2,1H3,(H,30,32)(H,33,34). The van der Waals surface area contributed by atoms with Gasteiger partial charge in [-0.25, -0.2) is 4.98 Å². The zero-order valence-corrected chi connectivity index (χ0v) is 21.3. The number of aliphatic hydroxyl groups excluding tert-OH is 1. The fourth-order valence-electron chi connectivity index (χ4n) is 4.12. The fourth-order valence-corrected chi connectivity index (χ4v) is 5.14. The van der Waals surface area contributed by atoms with Crippen molar-refractivity contribution in [3.63, 3.8) is 0 Å². The number of benzene rings is 2. The van der Waals surface area contributed by atoms with Crippen molar-refractivity contribution in [3.05, 3.63) is 89.6 Å². The molecular weight excluding hydrogens is 492 g/mol. The molecule has 194 valence electrons. The Hall–Kier alpha value is -3.24. The summed E-state index contributed by atoms with van der Waals surface area (Å²) in [5.74, 6) is -0.680. The molecule has 0 aliphatic carbocycles. The van der Waals surface area contributed by atoms with Gasteiger partial charge >= 0.3 is 5.97 Å². The summed E-state index contributed by atoms with van der Waals surface area (Å²) in [4.78, 5) is 27.3. The van der Waals surface area contributed by atoms with Crippen LogP contribution in [-0.4, -0.2) is 38.9 Å². The highest BCUT2D eigenvalue weighted by Crippen LogP contribution is 2.43. The molecule has 1 amide bonds. The molecule has 4 unspecified atom stereocenters. The average molecular weight is 523 g/mol. The first-order chi connectivity index (χ1) is 17.9. The molecular formula is C28H30N2O6S. The Balaban J connectivity index is 1.55. The number of thioether (sulfide) groups is 1. The quantitative estimate of drug-likeness (QED) is 0.320. The van der Waals surface area contributed by atoms with E-state index in [4.69, 9.17) is 14.6 Å². The smallest absolute Gasteiger partial charge is 0.303 e. The molecule has 3 N–H and O–H groups in total. The molecule has 1 saturated heterocycles. The molecule has 4 atom stereocenters. The third kappa shape index (κ3) is 7.39. The number of aliphatic carboxylic acids is 1. The highest BCUT2D eigenvalue weighted by atomic mass is 32.2. The third-order valence-electron chi connectivity index (χ3n) is 6.17. The van der Waals surface area contributed by atoms with E-state index in [1.807, 2.05) is 48.5 Å². The second-order valence-corrected chi connectivity index (χ2v) is 9.91. The van der Waals surface area contributed by atoms with Gasteiger partial charge in [0.15, 0.2) is 6.29 Å². The summed E-state index contributed by atoms with van der Waals surface area (Å²) < 4.78 is 12.9. The minimum Gasteiger partial charge on any atom is -0.481 e. The van der Waals surface area contributed by atoms with E-state index in [0.717, 1.165) is 21.7 Å². The summed E-state index contributed by atoms with van der Waals surface area (Å²) >= 11 is 1.62. The van der Waals surface area contributed by atoms with Crippen molar-refractivity contribution in [2.75, 3.05) is 11.1 Å². The maximum Gasteiger partial charge on any atom is 0.303 e. The van der Waals surface area contributed by atoms with Gasteiger partial charge in [0, 0.05) is 35.5 Å². The van der Waals surface area contributed by atoms with Crippen molar-refractivity contribution in [1.82, 2.24) is 4.98 Å². The molecule has 3 aromatic rings. The summed E-state index contributed by atoms with van der Waals surface area (Å²) in [6.07, 6.45) is 0.346. The Bertz CT molecular complexity index is 1190. The third-order valence-corrected chi connectivity index (χ3v) is 7.20. The van der Waals surface area contributed by atoms with Crippen molar-refractivity contribution in [1.29, 1.82) is 0 Å². The number of aromatic nitrogens is 1. The van der Waals surface area contributed by atoms with Gasteiger partial charge in [0.1, 0.15) is 0 Å². The van der Waals surface area contributed by atoms with E-state index in [0.29, 0.717) is 11.4 Å². The largest absolute Gasteiger partial charge is 0.481 e. The number of ether oxygens (including phenoxy) is 2. The van der Waals surface area contributed by atoms with E-state index in [9.17, 15) is 14.7 Å². The van der Waals surface area contributed by atoms with Crippen molar-refractivity contribution >= 4 is 29.3 Å². The zero-order chi connectivity index (χ0) is 26.2. The van der Waals surface area contributed by atoms with Crippen molar-refractivity contribution in [2.24, 2.45) is 5.92 Å². The number of carboxylic acid groups (broad SMARTS) is 1. The molecule has 0 bridgehead atoms. The van der Waals surface area contributed by atoms with E-state index in [1.54, 1.807) is 36.2 Å². The van der Waals surface area contributed by atoms with Crippen LogP contribution in [0.15, 0.2) is 78.0 Å². The van der Waals surface area contributed by atoms with E-state index in [2.05, 4.69) is 17.2 Å². The second kappa shape index (κ2) is 12.8. The number of rotatable bonds is 10. The monoisotopic (exact) mass is 522 g/mol. The van der Waals surface area contributed by atoms with Crippen LogP contribution in [0.5, 0.6) is 0 Å². The number of anilines is 1. The van der Waals surface area contributed by atoms with Crippen LogP contribution in [0.1, 0.15) is 48.8 Å². The molecule has 0 saturated carbocycles. The first kappa shape index (κ1) is 26.8. The zero-order valence-electron chi connectivity index (χ0n) is 20.4. The number of hydrogen-bond acceptors (Lipinski definition) is 7. The minimum atomic E-state index is -1.02. The highest BCUT2D eigenvalue weighted by Gasteiger charge is 2.38. The topological polar surface area (TPSA) is 118 Å². The van der Waals surface area contributed by atoms with Gasteiger partial charge in [-0.2, -0.15) is 0 Å². The van der Waals surface area contributed by atoms with Gasteiger partial charge < -0.3 is 25.0 Å². The summed E-state index contributed by atoms with van der Waals surface area (Å²) in [6, 6.07) is 20.7. The van der Waals surface area contributed by atoms with Gasteiger partial charge in [-0.05, 0) is 35.4 Å². The Morgan fingerprint density at radius 3 is 2.51 bits per heavy atom. The maximum atomic E-state index is 12.1. The van der Waals surface area contributed by atoms with Crippen LogP contribution in [0.2, 0.25) is 0 Å². The average Bonchev–Trinajstić information content (AvgIpc) is 2.92. The normalized spacial score (nSPS) is 21.4. The fraction of sp³-hybridized carbons (Fsp3) is 0.321. The molecule has 1 aliphatic rings. The van der Waals surface area contributed by atoms with E-state index in [1.165, 1.54) is 0 Å². The molecule has 0 radical (unpaired) electrons. The van der Waals surface area contributed by atoms with Crippen LogP contribution in [0, 0.1) is 5.92 Å². The molecule has 8 nitrogen and oxygen atoms in total. The highest BCUT2D eigenvalue weighted by molar-refractivity contribution is 7.99. The lowest BCUT2D eigenvalue weighted by Crippen LogP contribution is -2.38. The number of hydrogen-bond donors (Lipinski definition) is 3. The van der Waals surface area contributed by atoms with Gasteiger partial charge in [-0.15, -0.1) is 11.8 Å². The number of nitrogens with one attached hydrogen (secondary N) is 1. The van der Waals surface area contributed by atoms with Crippen molar-refractivity contribution in [3.8, 4) is 0 Å². The van der Waals surface area contributed by atoms with Gasteiger partial charge in [0.25, 0.3) is 0 Å². The van der Waals surface area contributed by atoms with Gasteiger partial charge in [-0.3, -0.25) is 9.59 Å². The Labute approximate surface area is 220 Å². The van der Waals surface area contributed by atoms with E-state index >= 15 is 0 Å². The SMILES string of the molecule is CC1C(CSc2ccccn2)OC(c2cccc(NC(=O)CCC(=O)O)c2)OC1c1ccc(CO)cc1. The van der Waals surface area contributed by atoms with Crippen LogP contribution in [0.25, 0.3) is 0 Å². The molecule has 2 aromatic carbocycles. The van der Waals surface area contributed by atoms with Crippen LogP contribution < -0.4 is 5.32 Å².